The molecule has 2 heterocycles. The molecule has 3 amide bonds. The van der Waals surface area contributed by atoms with Gasteiger partial charge in [0.05, 0.1) is 5.75 Å². The molecule has 0 bridgehead atoms. The van der Waals surface area contributed by atoms with Crippen molar-refractivity contribution in [1.82, 2.24) is 9.62 Å². The highest BCUT2D eigenvalue weighted by molar-refractivity contribution is 7.89. The first kappa shape index (κ1) is 26.6. The van der Waals surface area contributed by atoms with Gasteiger partial charge in [0.25, 0.3) is 5.91 Å². The summed E-state index contributed by atoms with van der Waals surface area (Å²) in [6.07, 6.45) is 3.27. The highest BCUT2D eigenvalue weighted by Gasteiger charge is 2.49. The van der Waals surface area contributed by atoms with Crippen LogP contribution >= 0.6 is 0 Å². The Kier molecular flexibility index (Phi) is 7.22. The van der Waals surface area contributed by atoms with E-state index in [1.807, 2.05) is 26.0 Å². The average Bonchev–Trinajstić information content (AvgIpc) is 3.31. The number of hydrogen-bond acceptors (Lipinski definition) is 5. The van der Waals surface area contributed by atoms with E-state index in [0.29, 0.717) is 55.8 Å². The number of carbonyl (C=O) groups is 2. The third kappa shape index (κ3) is 5.02. The number of rotatable bonds is 6. The van der Waals surface area contributed by atoms with Crippen LogP contribution in [-0.4, -0.2) is 61.9 Å². The Morgan fingerprint density at radius 1 is 1.17 bits per heavy atom. The molecule has 0 radical (unpaired) electrons. The van der Waals surface area contributed by atoms with E-state index in [-0.39, 0.29) is 11.7 Å². The Morgan fingerprint density at radius 2 is 1.72 bits per heavy atom. The second-order valence-corrected chi connectivity index (χ2v) is 13.1. The second-order valence-electron chi connectivity index (χ2n) is 11.0. The first-order chi connectivity index (χ1) is 16.8. The highest BCUT2D eigenvalue weighted by atomic mass is 32.2. The number of nitrogens with two attached hydrogens (primary N) is 1. The molecule has 1 aliphatic carbocycles. The van der Waals surface area contributed by atoms with Gasteiger partial charge in [-0.25, -0.2) is 17.5 Å². The Balaban J connectivity index is 1.40. The number of sulfonamides is 1. The number of anilines is 1. The van der Waals surface area contributed by atoms with Crippen molar-refractivity contribution < 1.29 is 18.0 Å². The number of hydrogen-bond donors (Lipinski definition) is 2. The molecule has 2 aliphatic heterocycles. The maximum Gasteiger partial charge on any atom is 0.318 e. The number of aryl methyl sites for hydroxylation is 2. The third-order valence-corrected chi connectivity index (χ3v) is 10.5. The highest BCUT2D eigenvalue weighted by Crippen LogP contribution is 2.39. The lowest BCUT2D eigenvalue weighted by molar-refractivity contribution is -0.125. The molecule has 2 atom stereocenters. The quantitative estimate of drug-likeness (QED) is 0.602. The van der Waals surface area contributed by atoms with Crippen LogP contribution in [0.2, 0.25) is 0 Å². The molecule has 2 unspecified atom stereocenters. The lowest BCUT2D eigenvalue weighted by Gasteiger charge is -2.34. The Bertz CT molecular complexity index is 1150. The van der Waals surface area contributed by atoms with Crippen molar-refractivity contribution in [2.24, 2.45) is 28.5 Å². The summed E-state index contributed by atoms with van der Waals surface area (Å²) >= 11 is 0. The van der Waals surface area contributed by atoms with Crippen LogP contribution in [0.3, 0.4) is 0 Å². The fraction of sp³-hybridized carbons (Fsp3) is 0.654. The van der Waals surface area contributed by atoms with E-state index >= 15 is 0 Å². The lowest BCUT2D eigenvalue weighted by Crippen LogP contribution is -2.51. The topological polar surface area (TPSA) is 125 Å². The second kappa shape index (κ2) is 9.78. The van der Waals surface area contributed by atoms with Crippen LogP contribution in [0.25, 0.3) is 0 Å². The van der Waals surface area contributed by atoms with Gasteiger partial charge < -0.3 is 11.1 Å². The van der Waals surface area contributed by atoms with Crippen LogP contribution in [0.1, 0.15) is 56.2 Å². The summed E-state index contributed by atoms with van der Waals surface area (Å²) in [6.45, 7) is 8.92. The van der Waals surface area contributed by atoms with Crippen LogP contribution in [-0.2, 0) is 21.2 Å². The molecule has 3 N–H and O–H groups in total. The predicted octanol–water partition coefficient (Wildman–Crippen LogP) is 2.74. The molecule has 1 aromatic rings. The normalized spacial score (nSPS) is 26.2. The van der Waals surface area contributed by atoms with Crippen molar-refractivity contribution >= 4 is 33.5 Å². The summed E-state index contributed by atoms with van der Waals surface area (Å²) in [5.41, 5.74) is 8.03. The molecular weight excluding hydrogens is 478 g/mol. The van der Waals surface area contributed by atoms with Gasteiger partial charge in [0.1, 0.15) is 11.4 Å². The maximum absolute atomic E-state index is 13.2. The number of benzene rings is 1. The van der Waals surface area contributed by atoms with Gasteiger partial charge in [-0.15, -0.1) is 0 Å². The molecule has 36 heavy (non-hydrogen) atoms. The molecule has 198 valence electrons. The molecule has 2 fully saturated rings. The van der Waals surface area contributed by atoms with Gasteiger partial charge in [-0.1, -0.05) is 13.8 Å². The zero-order chi connectivity index (χ0) is 26.4. The van der Waals surface area contributed by atoms with Gasteiger partial charge in [0.15, 0.2) is 0 Å². The Labute approximate surface area is 214 Å². The van der Waals surface area contributed by atoms with Crippen molar-refractivity contribution in [3.8, 4) is 0 Å². The number of amidine groups is 1. The van der Waals surface area contributed by atoms with Crippen molar-refractivity contribution in [2.45, 2.75) is 65.3 Å². The summed E-state index contributed by atoms with van der Waals surface area (Å²) < 4.78 is 27.9. The molecule has 1 spiro atoms. The predicted molar refractivity (Wildman–Crippen MR) is 142 cm³/mol. The summed E-state index contributed by atoms with van der Waals surface area (Å²) in [5, 5.41) is 3.04. The molecule has 1 aromatic carbocycles. The van der Waals surface area contributed by atoms with E-state index < -0.39 is 21.6 Å². The minimum Gasteiger partial charge on any atom is -0.351 e. The standard InChI is InChI=1S/C26H39N5O4S/c1-16-12-20(13-17(16)2)23-28-24(32)26(29-23)7-9-31(10-8-26)36(34,35)11-6-22-18(3)14-21(15-19(22)4)30(5)25(27)33/h14-17,20H,6-13H2,1-5H3,(H2,27,33)(H,28,29,32). The van der Waals surface area contributed by atoms with E-state index in [1.54, 1.807) is 7.05 Å². The Hall–Kier alpha value is -2.46. The Morgan fingerprint density at radius 3 is 2.25 bits per heavy atom. The SMILES string of the molecule is Cc1cc(N(C)C(N)=O)cc(C)c1CCS(=O)(=O)N1CCC2(CC1)N=C(C1CC(C)C(C)C1)NC2=O. The number of carbonyl (C=O) groups excluding carboxylic acids is 2. The number of nitrogens with one attached hydrogen (secondary N) is 1. The molecule has 3 aliphatic rings. The molecule has 9 nitrogen and oxygen atoms in total. The average molecular weight is 518 g/mol. The summed E-state index contributed by atoms with van der Waals surface area (Å²) in [6, 6.07) is 3.15. The minimum absolute atomic E-state index is 0.00868. The molecular formula is C26H39N5O4S. The maximum atomic E-state index is 13.2. The molecule has 1 saturated heterocycles. The van der Waals surface area contributed by atoms with E-state index in [9.17, 15) is 18.0 Å². The monoisotopic (exact) mass is 517 g/mol. The van der Waals surface area contributed by atoms with Crippen LogP contribution in [0.5, 0.6) is 0 Å². The number of piperidine rings is 1. The van der Waals surface area contributed by atoms with Crippen molar-refractivity contribution in [3.63, 3.8) is 0 Å². The molecule has 0 aromatic heterocycles. The summed E-state index contributed by atoms with van der Waals surface area (Å²) in [7, 11) is -1.89. The van der Waals surface area contributed by atoms with Crippen LogP contribution in [0.4, 0.5) is 10.5 Å². The van der Waals surface area contributed by atoms with Crippen LogP contribution in [0.15, 0.2) is 17.1 Å². The lowest BCUT2D eigenvalue weighted by atomic mass is 9.89. The smallest absolute Gasteiger partial charge is 0.318 e. The number of amides is 3. The zero-order valence-corrected chi connectivity index (χ0v) is 22.8. The van der Waals surface area contributed by atoms with E-state index in [1.165, 1.54) is 9.21 Å². The molecule has 10 heteroatoms. The van der Waals surface area contributed by atoms with E-state index in [2.05, 4.69) is 19.2 Å². The fourth-order valence-electron chi connectivity index (χ4n) is 5.94. The van der Waals surface area contributed by atoms with Gasteiger partial charge >= 0.3 is 6.03 Å². The van der Waals surface area contributed by atoms with Crippen molar-refractivity contribution in [3.05, 3.63) is 28.8 Å². The molecule has 1 saturated carbocycles. The van der Waals surface area contributed by atoms with E-state index in [0.717, 1.165) is 35.4 Å². The first-order valence-corrected chi connectivity index (χ1v) is 14.5. The van der Waals surface area contributed by atoms with Gasteiger partial charge in [-0.2, -0.15) is 0 Å². The van der Waals surface area contributed by atoms with Crippen molar-refractivity contribution in [1.29, 1.82) is 0 Å². The van der Waals surface area contributed by atoms with Crippen molar-refractivity contribution in [2.75, 3.05) is 30.8 Å². The largest absolute Gasteiger partial charge is 0.351 e. The number of aliphatic imine (C=N–C) groups is 1. The fourth-order valence-corrected chi connectivity index (χ4v) is 7.40. The zero-order valence-electron chi connectivity index (χ0n) is 22.0. The van der Waals surface area contributed by atoms with E-state index in [4.69, 9.17) is 10.7 Å². The number of nitrogens with zero attached hydrogens (tertiary/aromatic N) is 3. The van der Waals surface area contributed by atoms with Gasteiger partial charge in [0.2, 0.25) is 10.0 Å². The van der Waals surface area contributed by atoms with Gasteiger partial charge in [0, 0.05) is 31.7 Å². The number of urea groups is 1. The van der Waals surface area contributed by atoms with Crippen LogP contribution in [0, 0.1) is 31.6 Å². The third-order valence-electron chi connectivity index (χ3n) is 8.62. The summed E-state index contributed by atoms with van der Waals surface area (Å²) in [4.78, 5) is 30.7. The molecule has 4 rings (SSSR count). The summed E-state index contributed by atoms with van der Waals surface area (Å²) in [5.74, 6) is 2.25. The van der Waals surface area contributed by atoms with Crippen LogP contribution < -0.4 is 16.0 Å². The minimum atomic E-state index is -3.49. The van der Waals surface area contributed by atoms with Gasteiger partial charge in [-0.05, 0) is 86.6 Å². The first-order valence-electron chi connectivity index (χ1n) is 12.9. The number of primary amides is 1. The van der Waals surface area contributed by atoms with Gasteiger partial charge in [-0.3, -0.25) is 14.7 Å².